The first-order valence-corrected chi connectivity index (χ1v) is 7.89. The Morgan fingerprint density at radius 3 is 2.78 bits per heavy atom. The van der Waals surface area contributed by atoms with E-state index < -0.39 is 0 Å². The van der Waals surface area contributed by atoms with E-state index in [0.717, 1.165) is 16.9 Å². The Labute approximate surface area is 135 Å². The lowest BCUT2D eigenvalue weighted by Crippen LogP contribution is -2.25. The zero-order valence-corrected chi connectivity index (χ0v) is 13.6. The van der Waals surface area contributed by atoms with Crippen LogP contribution in [0.1, 0.15) is 31.9 Å². The molecule has 1 heterocycles. The fourth-order valence-electron chi connectivity index (χ4n) is 2.87. The van der Waals surface area contributed by atoms with E-state index in [1.807, 2.05) is 39.0 Å². The summed E-state index contributed by atoms with van der Waals surface area (Å²) >= 11 is 0. The Morgan fingerprint density at radius 2 is 2.13 bits per heavy atom. The van der Waals surface area contributed by atoms with Crippen molar-refractivity contribution in [3.63, 3.8) is 0 Å². The van der Waals surface area contributed by atoms with Gasteiger partial charge < -0.3 is 9.64 Å². The minimum atomic E-state index is -0.234. The van der Waals surface area contributed by atoms with Crippen LogP contribution in [-0.4, -0.2) is 41.6 Å². The van der Waals surface area contributed by atoms with Gasteiger partial charge in [0.25, 0.3) is 0 Å². The molecule has 5 nitrogen and oxygen atoms in total. The minimum absolute atomic E-state index is 0.0618. The summed E-state index contributed by atoms with van der Waals surface area (Å²) in [6.07, 6.45) is 2.22. The van der Waals surface area contributed by atoms with Gasteiger partial charge in [0.2, 0.25) is 0 Å². The van der Waals surface area contributed by atoms with Gasteiger partial charge in [0.05, 0.1) is 18.4 Å². The molecule has 0 atom stereocenters. The van der Waals surface area contributed by atoms with E-state index in [1.165, 1.54) is 0 Å². The number of fused-ring (bicyclic) bond motifs is 1. The molecule has 0 unspecified atom stereocenters. The van der Waals surface area contributed by atoms with Crippen LogP contribution in [0.4, 0.5) is 4.79 Å². The molecule has 1 aliphatic heterocycles. The molecule has 0 saturated carbocycles. The van der Waals surface area contributed by atoms with Crippen LogP contribution in [0.2, 0.25) is 0 Å². The number of benzene rings is 1. The van der Waals surface area contributed by atoms with E-state index >= 15 is 0 Å². The number of carbonyl (C=O) groups excluding carboxylic acids is 2. The third-order valence-corrected chi connectivity index (χ3v) is 3.95. The zero-order valence-electron chi connectivity index (χ0n) is 13.6. The summed E-state index contributed by atoms with van der Waals surface area (Å²) in [6, 6.07) is 5.50. The van der Waals surface area contributed by atoms with Gasteiger partial charge in [-0.1, -0.05) is 6.07 Å². The van der Waals surface area contributed by atoms with E-state index in [-0.39, 0.29) is 17.9 Å². The summed E-state index contributed by atoms with van der Waals surface area (Å²) < 4.78 is 5.71. The number of carbonyl (C=O) groups is 2. The van der Waals surface area contributed by atoms with Crippen molar-refractivity contribution >= 4 is 23.1 Å². The zero-order chi connectivity index (χ0) is 16.6. The fraction of sp³-hybridized carbons (Fsp3) is 0.389. The monoisotopic (exact) mass is 312 g/mol. The van der Waals surface area contributed by atoms with E-state index in [4.69, 9.17) is 4.74 Å². The van der Waals surface area contributed by atoms with Crippen LogP contribution in [0.5, 0.6) is 5.75 Å². The van der Waals surface area contributed by atoms with E-state index in [9.17, 15) is 9.59 Å². The van der Waals surface area contributed by atoms with Crippen LogP contribution in [-0.2, 0) is 11.2 Å². The number of allylic oxidation sites excluding steroid dienone is 1. The van der Waals surface area contributed by atoms with Crippen molar-refractivity contribution < 1.29 is 14.3 Å². The van der Waals surface area contributed by atoms with Gasteiger partial charge in [0.15, 0.2) is 5.78 Å². The number of rotatable bonds is 4. The Kier molecular flexibility index (Phi) is 4.03. The summed E-state index contributed by atoms with van der Waals surface area (Å²) in [4.78, 5) is 29.7. The largest absolute Gasteiger partial charge is 0.491 e. The Balaban J connectivity index is 1.93. The summed E-state index contributed by atoms with van der Waals surface area (Å²) in [7, 11) is 0. The number of aliphatic imine (C=N–C) groups is 1. The highest BCUT2D eigenvalue weighted by atomic mass is 16.5. The first-order chi connectivity index (χ1) is 11.0. The van der Waals surface area contributed by atoms with Crippen molar-refractivity contribution in [3.05, 3.63) is 35.4 Å². The lowest BCUT2D eigenvalue weighted by molar-refractivity contribution is -0.112. The lowest BCUT2D eigenvalue weighted by Gasteiger charge is -2.11. The lowest BCUT2D eigenvalue weighted by atomic mass is 10.0. The first kappa shape index (κ1) is 15.5. The number of hydrogen-bond acceptors (Lipinski definition) is 3. The third kappa shape index (κ3) is 3.04. The second kappa shape index (κ2) is 5.99. The molecule has 1 aliphatic carbocycles. The number of ketones is 1. The summed E-state index contributed by atoms with van der Waals surface area (Å²) in [5, 5.41) is 0. The molecule has 0 spiro atoms. The second-order valence-electron chi connectivity index (χ2n) is 6.04. The van der Waals surface area contributed by atoms with Crippen molar-refractivity contribution in [2.45, 2.75) is 33.3 Å². The fourth-order valence-corrected chi connectivity index (χ4v) is 2.87. The molecule has 5 heteroatoms. The maximum Gasteiger partial charge on any atom is 0.344 e. The smallest absolute Gasteiger partial charge is 0.344 e. The predicted octanol–water partition coefficient (Wildman–Crippen LogP) is 2.88. The van der Waals surface area contributed by atoms with E-state index in [1.54, 1.807) is 11.0 Å². The van der Waals surface area contributed by atoms with E-state index in [0.29, 0.717) is 30.8 Å². The van der Waals surface area contributed by atoms with Gasteiger partial charge in [-0.3, -0.25) is 4.79 Å². The quantitative estimate of drug-likeness (QED) is 0.803. The van der Waals surface area contributed by atoms with Gasteiger partial charge >= 0.3 is 6.03 Å². The molecule has 120 valence electrons. The normalized spacial score (nSPS) is 18.9. The van der Waals surface area contributed by atoms with Gasteiger partial charge in [0, 0.05) is 18.5 Å². The van der Waals surface area contributed by atoms with E-state index in [2.05, 4.69) is 4.99 Å². The Hall–Kier alpha value is -2.43. The number of nitrogens with zero attached hydrogens (tertiary/aromatic N) is 2. The van der Waals surface area contributed by atoms with Crippen LogP contribution < -0.4 is 4.74 Å². The van der Waals surface area contributed by atoms with Crippen molar-refractivity contribution in [2.75, 3.05) is 13.1 Å². The SMILES string of the molecule is CCN1CC(/C=C2\C(=O)Cc3ccc(OC(C)C)cc32)=NC1=O. The van der Waals surface area contributed by atoms with Crippen molar-refractivity contribution in [2.24, 2.45) is 4.99 Å². The molecule has 0 radical (unpaired) electrons. The highest BCUT2D eigenvalue weighted by Gasteiger charge is 2.27. The molecule has 2 amide bonds. The van der Waals surface area contributed by atoms with Gasteiger partial charge in [-0.2, -0.15) is 4.99 Å². The Morgan fingerprint density at radius 1 is 1.35 bits per heavy atom. The minimum Gasteiger partial charge on any atom is -0.491 e. The molecule has 1 aromatic rings. The van der Waals surface area contributed by atoms with Crippen LogP contribution >= 0.6 is 0 Å². The number of Topliss-reactive ketones (excluding diaryl/α,β-unsaturated/α-hetero) is 1. The van der Waals surface area contributed by atoms with Crippen molar-refractivity contribution in [1.82, 2.24) is 4.90 Å². The number of hydrogen-bond donors (Lipinski definition) is 0. The molecule has 0 bridgehead atoms. The number of amides is 2. The molecule has 23 heavy (non-hydrogen) atoms. The van der Waals surface area contributed by atoms with Gasteiger partial charge in [-0.15, -0.1) is 0 Å². The van der Waals surface area contributed by atoms with Crippen LogP contribution in [0, 0.1) is 0 Å². The number of ether oxygens (including phenoxy) is 1. The molecular formula is C18H20N2O3. The standard InChI is InChI=1S/C18H20N2O3/c1-4-20-10-13(19-18(20)22)8-16-15-9-14(23-11(2)3)6-5-12(15)7-17(16)21/h5-6,8-9,11H,4,7,10H2,1-3H3/b16-8-. The van der Waals surface area contributed by atoms with Crippen LogP contribution in [0.3, 0.4) is 0 Å². The third-order valence-electron chi connectivity index (χ3n) is 3.95. The Bertz CT molecular complexity index is 732. The molecule has 0 saturated heterocycles. The summed E-state index contributed by atoms with van der Waals surface area (Å²) in [5.74, 6) is 0.811. The van der Waals surface area contributed by atoms with Gasteiger partial charge in [0.1, 0.15) is 5.75 Å². The second-order valence-corrected chi connectivity index (χ2v) is 6.04. The molecule has 2 aliphatic rings. The topological polar surface area (TPSA) is 59.0 Å². The molecular weight excluding hydrogens is 292 g/mol. The average molecular weight is 312 g/mol. The maximum atomic E-state index is 12.3. The molecule has 0 fully saturated rings. The van der Waals surface area contributed by atoms with Crippen LogP contribution in [0.15, 0.2) is 29.3 Å². The van der Waals surface area contributed by atoms with Crippen molar-refractivity contribution in [1.29, 1.82) is 0 Å². The molecule has 1 aromatic carbocycles. The van der Waals surface area contributed by atoms with Gasteiger partial charge in [-0.05, 0) is 50.1 Å². The molecule has 0 aromatic heterocycles. The summed E-state index contributed by atoms with van der Waals surface area (Å²) in [5.41, 5.74) is 3.15. The molecule has 3 rings (SSSR count). The van der Waals surface area contributed by atoms with Crippen molar-refractivity contribution in [3.8, 4) is 5.75 Å². The highest BCUT2D eigenvalue weighted by Crippen LogP contribution is 2.33. The van der Waals surface area contributed by atoms with Crippen LogP contribution in [0.25, 0.3) is 5.57 Å². The maximum absolute atomic E-state index is 12.3. The molecule has 0 N–H and O–H groups in total. The number of urea groups is 1. The highest BCUT2D eigenvalue weighted by molar-refractivity contribution is 6.30. The van der Waals surface area contributed by atoms with Gasteiger partial charge in [-0.25, -0.2) is 4.79 Å². The predicted molar refractivity (Wildman–Crippen MR) is 89.0 cm³/mol. The summed E-state index contributed by atoms with van der Waals surface area (Å²) in [6.45, 7) is 6.92. The first-order valence-electron chi connectivity index (χ1n) is 7.89. The average Bonchev–Trinajstić information content (AvgIpc) is 2.99.